The Morgan fingerprint density at radius 3 is 2.91 bits per heavy atom. The van der Waals surface area contributed by atoms with E-state index in [2.05, 4.69) is 32.0 Å². The van der Waals surface area contributed by atoms with E-state index in [1.54, 1.807) is 11.3 Å². The second kappa shape index (κ2) is 6.28. The van der Waals surface area contributed by atoms with Gasteiger partial charge in [-0.2, -0.15) is 0 Å². The van der Waals surface area contributed by atoms with E-state index in [-0.39, 0.29) is 0 Å². The fourth-order valence-electron chi connectivity index (χ4n) is 3.23. The minimum absolute atomic E-state index is 0.389. The highest BCUT2D eigenvalue weighted by Gasteiger charge is 2.49. The van der Waals surface area contributed by atoms with Gasteiger partial charge in [0.1, 0.15) is 5.01 Å². The van der Waals surface area contributed by atoms with Gasteiger partial charge >= 0.3 is 0 Å². The average Bonchev–Trinajstić information content (AvgIpc) is 3.16. The van der Waals surface area contributed by atoms with Crippen molar-refractivity contribution in [2.24, 2.45) is 0 Å². The molecule has 4 heterocycles. The number of nitrogens with zero attached hydrogens (tertiary/aromatic N) is 3. The van der Waals surface area contributed by atoms with Gasteiger partial charge in [-0.15, -0.1) is 23.1 Å². The normalized spacial score (nSPS) is 23.7. The lowest BCUT2D eigenvalue weighted by Crippen LogP contribution is -2.58. The predicted molar refractivity (Wildman–Crippen MR) is 90.0 cm³/mol. The number of aromatic nitrogens is 2. The Morgan fingerprint density at radius 2 is 2.14 bits per heavy atom. The first-order valence-electron chi connectivity index (χ1n) is 7.57. The minimum atomic E-state index is 0.389. The fourth-order valence-corrected chi connectivity index (χ4v) is 5.49. The van der Waals surface area contributed by atoms with Gasteiger partial charge in [0.15, 0.2) is 0 Å². The molecule has 22 heavy (non-hydrogen) atoms. The third-order valence-corrected chi connectivity index (χ3v) is 6.62. The molecule has 4 rings (SSSR count). The van der Waals surface area contributed by atoms with Gasteiger partial charge in [0.25, 0.3) is 0 Å². The molecular formula is C16H19N3OS2. The molecule has 0 aromatic carbocycles. The van der Waals surface area contributed by atoms with Crippen LogP contribution in [0.15, 0.2) is 36.1 Å². The lowest BCUT2D eigenvalue weighted by Gasteiger charge is -2.47. The van der Waals surface area contributed by atoms with E-state index in [1.807, 2.05) is 30.7 Å². The highest BCUT2D eigenvalue weighted by atomic mass is 32.2. The van der Waals surface area contributed by atoms with E-state index in [4.69, 9.17) is 4.74 Å². The van der Waals surface area contributed by atoms with Gasteiger partial charge in [-0.1, -0.05) is 0 Å². The summed E-state index contributed by atoms with van der Waals surface area (Å²) in [4.78, 5) is 10.9. The van der Waals surface area contributed by atoms with E-state index in [1.165, 1.54) is 30.1 Å². The molecule has 2 fully saturated rings. The van der Waals surface area contributed by atoms with Crippen molar-refractivity contribution in [2.75, 3.05) is 18.8 Å². The molecular weight excluding hydrogens is 314 g/mol. The predicted octanol–water partition coefficient (Wildman–Crippen LogP) is 2.81. The lowest BCUT2D eigenvalue weighted by atomic mass is 9.93. The van der Waals surface area contributed by atoms with Crippen molar-refractivity contribution in [2.45, 2.75) is 30.4 Å². The van der Waals surface area contributed by atoms with Gasteiger partial charge in [0, 0.05) is 47.6 Å². The number of likely N-dealkylation sites (tertiary alicyclic amines) is 1. The molecule has 2 aliphatic heterocycles. The summed E-state index contributed by atoms with van der Waals surface area (Å²) in [5.74, 6) is 1.12. The van der Waals surface area contributed by atoms with Crippen LogP contribution in [0.5, 0.6) is 0 Å². The summed E-state index contributed by atoms with van der Waals surface area (Å²) in [6.07, 6.45) is 7.11. The van der Waals surface area contributed by atoms with Crippen LogP contribution in [0.2, 0.25) is 0 Å². The van der Waals surface area contributed by atoms with Crippen molar-refractivity contribution in [1.29, 1.82) is 0 Å². The minimum Gasteiger partial charge on any atom is -0.373 e. The number of hydrogen-bond donors (Lipinski definition) is 0. The molecule has 2 aliphatic rings. The van der Waals surface area contributed by atoms with Crippen molar-refractivity contribution in [1.82, 2.24) is 14.9 Å². The van der Waals surface area contributed by atoms with Gasteiger partial charge in [0.2, 0.25) is 0 Å². The van der Waals surface area contributed by atoms with Crippen molar-refractivity contribution < 1.29 is 4.74 Å². The van der Waals surface area contributed by atoms with Gasteiger partial charge < -0.3 is 4.74 Å². The Bertz CT molecular complexity index is 599. The Morgan fingerprint density at radius 1 is 1.27 bits per heavy atom. The molecule has 2 aromatic rings. The maximum absolute atomic E-state index is 6.08. The molecule has 0 bridgehead atoms. The first-order chi connectivity index (χ1) is 10.8. The van der Waals surface area contributed by atoms with Crippen LogP contribution in [0, 0.1) is 0 Å². The summed E-state index contributed by atoms with van der Waals surface area (Å²) >= 11 is 3.84. The zero-order valence-electron chi connectivity index (χ0n) is 12.4. The number of rotatable bonds is 5. The first-order valence-corrected chi connectivity index (χ1v) is 9.43. The molecule has 0 N–H and O–H groups in total. The number of thiazole rings is 1. The molecule has 0 saturated carbocycles. The molecule has 6 heteroatoms. The Labute approximate surface area is 138 Å². The van der Waals surface area contributed by atoms with E-state index in [0.717, 1.165) is 12.3 Å². The second-order valence-electron chi connectivity index (χ2n) is 6.06. The van der Waals surface area contributed by atoms with Crippen LogP contribution in [0.4, 0.5) is 0 Å². The van der Waals surface area contributed by atoms with Crippen molar-refractivity contribution in [3.63, 3.8) is 0 Å². The number of thioether (sulfide) groups is 1. The quantitative estimate of drug-likeness (QED) is 0.841. The largest absolute Gasteiger partial charge is 0.373 e. The third-order valence-electron chi connectivity index (χ3n) is 4.28. The topological polar surface area (TPSA) is 38.2 Å². The zero-order chi connectivity index (χ0) is 14.8. The van der Waals surface area contributed by atoms with E-state index in [0.29, 0.717) is 17.5 Å². The molecule has 0 unspecified atom stereocenters. The van der Waals surface area contributed by atoms with Gasteiger partial charge in [-0.3, -0.25) is 9.88 Å². The van der Waals surface area contributed by atoms with Crippen LogP contribution in [0.1, 0.15) is 17.0 Å². The third kappa shape index (κ3) is 3.20. The van der Waals surface area contributed by atoms with Gasteiger partial charge in [-0.25, -0.2) is 4.98 Å². The molecule has 2 aromatic heterocycles. The summed E-state index contributed by atoms with van der Waals surface area (Å²) < 4.78 is 6.51. The number of hydrogen-bond acceptors (Lipinski definition) is 6. The molecule has 0 aliphatic carbocycles. The molecule has 2 saturated heterocycles. The Kier molecular flexibility index (Phi) is 4.17. The van der Waals surface area contributed by atoms with Gasteiger partial charge in [-0.05, 0) is 24.1 Å². The van der Waals surface area contributed by atoms with E-state index < -0.39 is 0 Å². The Hall–Kier alpha value is -0.950. The van der Waals surface area contributed by atoms with Crippen LogP contribution in [0.25, 0.3) is 0 Å². The van der Waals surface area contributed by atoms with Crippen LogP contribution >= 0.6 is 23.1 Å². The monoisotopic (exact) mass is 333 g/mol. The van der Waals surface area contributed by atoms with Gasteiger partial charge in [0.05, 0.1) is 19.3 Å². The Balaban J connectivity index is 1.23. The van der Waals surface area contributed by atoms with Crippen LogP contribution in [0.3, 0.4) is 0 Å². The van der Waals surface area contributed by atoms with Crippen molar-refractivity contribution in [3.05, 3.63) is 46.7 Å². The number of ether oxygens (including phenoxy) is 1. The second-order valence-corrected chi connectivity index (χ2v) is 8.52. The maximum atomic E-state index is 6.08. The van der Waals surface area contributed by atoms with Crippen LogP contribution in [-0.4, -0.2) is 44.6 Å². The summed E-state index contributed by atoms with van der Waals surface area (Å²) in [6.45, 7) is 4.05. The van der Waals surface area contributed by atoms with Crippen molar-refractivity contribution in [3.8, 4) is 0 Å². The summed E-state index contributed by atoms with van der Waals surface area (Å²) in [5, 5.41) is 3.28. The zero-order valence-corrected chi connectivity index (χ0v) is 14.0. The average molecular weight is 333 g/mol. The number of pyridine rings is 1. The highest BCUT2D eigenvalue weighted by Crippen LogP contribution is 2.46. The molecule has 1 spiro atoms. The first kappa shape index (κ1) is 14.6. The van der Waals surface area contributed by atoms with Crippen LogP contribution < -0.4 is 0 Å². The molecule has 1 atom stereocenters. The molecule has 4 nitrogen and oxygen atoms in total. The molecule has 0 amide bonds. The fraction of sp³-hybridized carbons (Fsp3) is 0.500. The maximum Gasteiger partial charge on any atom is 0.107 e. The SMILES string of the molecule is c1cc(CO[C@@H]2CSC3(C2)CN(Cc2nccs2)C3)ccn1. The lowest BCUT2D eigenvalue weighted by molar-refractivity contribution is 0.0264. The molecule has 0 radical (unpaired) electrons. The summed E-state index contributed by atoms with van der Waals surface area (Å²) in [5.41, 5.74) is 1.21. The van der Waals surface area contributed by atoms with Crippen molar-refractivity contribution >= 4 is 23.1 Å². The standard InChI is InChI=1S/C16H19N3OS2/c1-3-17-4-2-13(1)9-20-14-7-16(22-10-14)11-19(12-16)8-15-18-5-6-21-15/h1-6,14H,7-12H2/t14-/m0/s1. The smallest absolute Gasteiger partial charge is 0.107 e. The molecule has 116 valence electrons. The summed E-state index contributed by atoms with van der Waals surface area (Å²) in [7, 11) is 0. The van der Waals surface area contributed by atoms with Crippen LogP contribution in [-0.2, 0) is 17.9 Å². The highest BCUT2D eigenvalue weighted by molar-refractivity contribution is 8.01. The summed E-state index contributed by atoms with van der Waals surface area (Å²) in [6, 6.07) is 4.05. The van der Waals surface area contributed by atoms with E-state index in [9.17, 15) is 0 Å². The van der Waals surface area contributed by atoms with E-state index >= 15 is 0 Å².